The molecule has 16 heavy (non-hydrogen) atoms. The van der Waals surface area contributed by atoms with Crippen LogP contribution in [0.3, 0.4) is 0 Å². The first kappa shape index (κ1) is 15.3. The molecule has 1 unspecified atom stereocenters. The molecule has 0 aromatic carbocycles. The Morgan fingerprint density at radius 2 is 1.94 bits per heavy atom. The van der Waals surface area contributed by atoms with Crippen molar-refractivity contribution in [1.29, 1.82) is 0 Å². The molecular formula is C11H24N2O3. The monoisotopic (exact) mass is 232 g/mol. The SMILES string of the molecule is CCN(CC)C(=O)CNCC(COC)OC. The van der Waals surface area contributed by atoms with E-state index in [0.717, 1.165) is 13.1 Å². The molecule has 1 atom stereocenters. The van der Waals surface area contributed by atoms with Crippen LogP contribution in [0.4, 0.5) is 0 Å². The van der Waals surface area contributed by atoms with Gasteiger partial charge in [0.2, 0.25) is 5.91 Å². The Hall–Kier alpha value is -0.650. The van der Waals surface area contributed by atoms with Crippen LogP contribution in [0.15, 0.2) is 0 Å². The molecule has 0 saturated heterocycles. The zero-order valence-electron chi connectivity index (χ0n) is 10.8. The first-order chi connectivity index (χ1) is 7.69. The molecule has 1 N–H and O–H groups in total. The molecule has 96 valence electrons. The molecule has 5 nitrogen and oxygen atoms in total. The molecule has 0 aromatic rings. The number of ether oxygens (including phenoxy) is 2. The number of hydrogen-bond acceptors (Lipinski definition) is 4. The van der Waals surface area contributed by atoms with Gasteiger partial charge in [0.15, 0.2) is 0 Å². The van der Waals surface area contributed by atoms with Gasteiger partial charge in [0.1, 0.15) is 0 Å². The summed E-state index contributed by atoms with van der Waals surface area (Å²) in [5.41, 5.74) is 0. The second-order valence-electron chi connectivity index (χ2n) is 3.51. The fraction of sp³-hybridized carbons (Fsp3) is 0.909. The number of nitrogens with zero attached hydrogens (tertiary/aromatic N) is 1. The van der Waals surface area contributed by atoms with E-state index in [9.17, 15) is 4.79 Å². The van der Waals surface area contributed by atoms with Gasteiger partial charge in [-0.05, 0) is 13.8 Å². The van der Waals surface area contributed by atoms with Gasteiger partial charge < -0.3 is 19.7 Å². The van der Waals surface area contributed by atoms with E-state index in [1.54, 1.807) is 19.1 Å². The lowest BCUT2D eigenvalue weighted by Crippen LogP contribution is -2.41. The Balaban J connectivity index is 3.74. The first-order valence-electron chi connectivity index (χ1n) is 5.69. The highest BCUT2D eigenvalue weighted by Gasteiger charge is 2.11. The van der Waals surface area contributed by atoms with E-state index in [4.69, 9.17) is 9.47 Å². The summed E-state index contributed by atoms with van der Waals surface area (Å²) in [7, 11) is 3.27. The van der Waals surface area contributed by atoms with Crippen LogP contribution in [-0.2, 0) is 14.3 Å². The average molecular weight is 232 g/mol. The van der Waals surface area contributed by atoms with E-state index in [1.807, 2.05) is 13.8 Å². The second-order valence-corrected chi connectivity index (χ2v) is 3.51. The summed E-state index contributed by atoms with van der Waals surface area (Å²) in [6.07, 6.45) is -0.00509. The number of likely N-dealkylation sites (N-methyl/N-ethyl adjacent to an activating group) is 1. The number of carbonyl (C=O) groups is 1. The quantitative estimate of drug-likeness (QED) is 0.613. The Bertz CT molecular complexity index is 184. The van der Waals surface area contributed by atoms with Crippen molar-refractivity contribution >= 4 is 5.91 Å². The maximum Gasteiger partial charge on any atom is 0.236 e. The Morgan fingerprint density at radius 1 is 1.31 bits per heavy atom. The molecule has 0 saturated carbocycles. The minimum atomic E-state index is -0.00509. The molecule has 0 aliphatic heterocycles. The standard InChI is InChI=1S/C11H24N2O3/c1-5-13(6-2)11(14)8-12-7-10(16-4)9-15-3/h10,12H,5-9H2,1-4H3. The molecule has 0 aliphatic rings. The molecule has 0 fully saturated rings. The third-order valence-electron chi connectivity index (χ3n) is 2.45. The van der Waals surface area contributed by atoms with Crippen molar-refractivity contribution in [1.82, 2.24) is 10.2 Å². The highest BCUT2D eigenvalue weighted by Crippen LogP contribution is 1.90. The smallest absolute Gasteiger partial charge is 0.236 e. The van der Waals surface area contributed by atoms with Crippen LogP contribution in [0.2, 0.25) is 0 Å². The molecule has 1 amide bonds. The maximum atomic E-state index is 11.6. The minimum absolute atomic E-state index is 0.00509. The molecule has 0 radical (unpaired) electrons. The van der Waals surface area contributed by atoms with Crippen molar-refractivity contribution in [2.75, 3.05) is 47.0 Å². The van der Waals surface area contributed by atoms with Gasteiger partial charge >= 0.3 is 0 Å². The lowest BCUT2D eigenvalue weighted by molar-refractivity contribution is -0.129. The summed E-state index contributed by atoms with van der Waals surface area (Å²) in [4.78, 5) is 13.4. The molecule has 0 heterocycles. The van der Waals surface area contributed by atoms with Crippen LogP contribution < -0.4 is 5.32 Å². The number of carbonyl (C=O) groups excluding carboxylic acids is 1. The van der Waals surface area contributed by atoms with Crippen molar-refractivity contribution in [2.24, 2.45) is 0 Å². The molecule has 0 aromatic heterocycles. The van der Waals surface area contributed by atoms with E-state index in [-0.39, 0.29) is 12.0 Å². The lowest BCUT2D eigenvalue weighted by Gasteiger charge is -2.20. The predicted molar refractivity (Wildman–Crippen MR) is 63.5 cm³/mol. The Kier molecular flexibility index (Phi) is 9.18. The van der Waals surface area contributed by atoms with Gasteiger partial charge in [0.25, 0.3) is 0 Å². The molecule has 0 spiro atoms. The van der Waals surface area contributed by atoms with Crippen molar-refractivity contribution in [2.45, 2.75) is 20.0 Å². The highest BCUT2D eigenvalue weighted by atomic mass is 16.5. The Morgan fingerprint density at radius 3 is 2.38 bits per heavy atom. The van der Waals surface area contributed by atoms with E-state index < -0.39 is 0 Å². The Labute approximate surface area is 98.1 Å². The second kappa shape index (κ2) is 9.57. The molecule has 0 bridgehead atoms. The minimum Gasteiger partial charge on any atom is -0.382 e. The molecule has 5 heteroatoms. The fourth-order valence-corrected chi connectivity index (χ4v) is 1.42. The zero-order chi connectivity index (χ0) is 12.4. The van der Waals surface area contributed by atoms with Crippen molar-refractivity contribution < 1.29 is 14.3 Å². The van der Waals surface area contributed by atoms with Crippen LogP contribution in [-0.4, -0.2) is 63.9 Å². The maximum absolute atomic E-state index is 11.6. The van der Waals surface area contributed by atoms with Gasteiger partial charge in [-0.3, -0.25) is 4.79 Å². The zero-order valence-corrected chi connectivity index (χ0v) is 10.8. The van der Waals surface area contributed by atoms with E-state index >= 15 is 0 Å². The van der Waals surface area contributed by atoms with Crippen LogP contribution in [0.5, 0.6) is 0 Å². The van der Waals surface area contributed by atoms with E-state index in [2.05, 4.69) is 5.32 Å². The summed E-state index contributed by atoms with van der Waals surface area (Å²) >= 11 is 0. The van der Waals surface area contributed by atoms with Gasteiger partial charge in [-0.25, -0.2) is 0 Å². The van der Waals surface area contributed by atoms with Crippen molar-refractivity contribution in [3.63, 3.8) is 0 Å². The van der Waals surface area contributed by atoms with Gasteiger partial charge in [-0.1, -0.05) is 0 Å². The third kappa shape index (κ3) is 6.05. The van der Waals surface area contributed by atoms with Crippen LogP contribution in [0, 0.1) is 0 Å². The number of nitrogens with one attached hydrogen (secondary N) is 1. The van der Waals surface area contributed by atoms with Gasteiger partial charge in [-0.15, -0.1) is 0 Å². The van der Waals surface area contributed by atoms with Gasteiger partial charge in [0.05, 0.1) is 19.3 Å². The fourth-order valence-electron chi connectivity index (χ4n) is 1.42. The summed E-state index contributed by atoms with van der Waals surface area (Å²) in [5.74, 6) is 0.122. The first-order valence-corrected chi connectivity index (χ1v) is 5.69. The van der Waals surface area contributed by atoms with Crippen LogP contribution >= 0.6 is 0 Å². The highest BCUT2D eigenvalue weighted by molar-refractivity contribution is 5.78. The lowest BCUT2D eigenvalue weighted by atomic mass is 10.3. The summed E-state index contributed by atoms with van der Waals surface area (Å²) in [6.45, 7) is 6.96. The number of hydrogen-bond donors (Lipinski definition) is 1. The van der Waals surface area contributed by atoms with Gasteiger partial charge in [0, 0.05) is 33.9 Å². The molecule has 0 aliphatic carbocycles. The van der Waals surface area contributed by atoms with Crippen LogP contribution in [0.25, 0.3) is 0 Å². The number of methoxy groups -OCH3 is 2. The van der Waals surface area contributed by atoms with E-state index in [0.29, 0.717) is 19.7 Å². The van der Waals surface area contributed by atoms with Gasteiger partial charge in [-0.2, -0.15) is 0 Å². The number of rotatable bonds is 9. The third-order valence-corrected chi connectivity index (χ3v) is 2.45. The molecule has 0 rings (SSSR count). The summed E-state index contributed by atoms with van der Waals surface area (Å²) in [6, 6.07) is 0. The summed E-state index contributed by atoms with van der Waals surface area (Å²) < 4.78 is 10.2. The van der Waals surface area contributed by atoms with Crippen molar-refractivity contribution in [3.8, 4) is 0 Å². The molecular weight excluding hydrogens is 208 g/mol. The average Bonchev–Trinajstić information content (AvgIpc) is 2.29. The summed E-state index contributed by atoms with van der Waals surface area (Å²) in [5, 5.41) is 3.07. The van der Waals surface area contributed by atoms with E-state index in [1.165, 1.54) is 0 Å². The van der Waals surface area contributed by atoms with Crippen molar-refractivity contribution in [3.05, 3.63) is 0 Å². The van der Waals surface area contributed by atoms with Crippen LogP contribution in [0.1, 0.15) is 13.8 Å². The largest absolute Gasteiger partial charge is 0.382 e. The predicted octanol–water partition coefficient (Wildman–Crippen LogP) is 0.106. The number of amides is 1. The topological polar surface area (TPSA) is 50.8 Å². The normalized spacial score (nSPS) is 12.5.